The average Bonchev–Trinajstić information content (AvgIpc) is 2.39. The molecule has 1 saturated carbocycles. The van der Waals surface area contributed by atoms with E-state index in [0.717, 1.165) is 12.3 Å². The average molecular weight is 239 g/mol. The summed E-state index contributed by atoms with van der Waals surface area (Å²) < 4.78 is 0. The summed E-state index contributed by atoms with van der Waals surface area (Å²) in [7, 11) is 0. The number of hydrogen-bond donors (Lipinski definition) is 2. The van der Waals surface area contributed by atoms with E-state index >= 15 is 0 Å². The molecule has 2 nitrogen and oxygen atoms in total. The highest BCUT2D eigenvalue weighted by molar-refractivity contribution is 4.88. The van der Waals surface area contributed by atoms with E-state index in [-0.39, 0.29) is 6.10 Å². The maximum atomic E-state index is 10.1. The Morgan fingerprint density at radius 3 is 2.53 bits per heavy atom. The quantitative estimate of drug-likeness (QED) is 0.793. The monoisotopic (exact) mass is 239 g/mol. The first-order valence-electron chi connectivity index (χ1n) is 7.63. The second-order valence-electron chi connectivity index (χ2n) is 6.24. The fourth-order valence-electron chi connectivity index (χ4n) is 3.79. The van der Waals surface area contributed by atoms with Crippen LogP contribution in [0.25, 0.3) is 0 Å². The van der Waals surface area contributed by atoms with E-state index in [0.29, 0.717) is 17.9 Å². The third-order valence-electron chi connectivity index (χ3n) is 5.22. The van der Waals surface area contributed by atoms with Gasteiger partial charge in [0.05, 0.1) is 6.10 Å². The zero-order valence-corrected chi connectivity index (χ0v) is 11.5. The predicted molar refractivity (Wildman–Crippen MR) is 71.9 cm³/mol. The molecule has 2 rings (SSSR count). The molecule has 0 amide bonds. The van der Waals surface area contributed by atoms with Crippen LogP contribution in [0.15, 0.2) is 0 Å². The molecular formula is C15H29NO. The lowest BCUT2D eigenvalue weighted by molar-refractivity contribution is 0.0253. The van der Waals surface area contributed by atoms with Crippen molar-refractivity contribution in [3.63, 3.8) is 0 Å². The largest absolute Gasteiger partial charge is 0.393 e. The number of nitrogens with one attached hydrogen (secondary N) is 1. The van der Waals surface area contributed by atoms with Crippen molar-refractivity contribution in [3.8, 4) is 0 Å². The lowest BCUT2D eigenvalue weighted by atomic mass is 9.73. The van der Waals surface area contributed by atoms with Crippen LogP contribution in [-0.2, 0) is 0 Å². The standard InChI is InChI=1S/C15H29NO/c1-3-12-8-9-14(16-10-12)11(2)13-6-4-5-7-15(13)17/h11-17H,3-10H2,1-2H3/t11-,12-,13-,14+,15+/m0/s1. The summed E-state index contributed by atoms with van der Waals surface area (Å²) >= 11 is 0. The lowest BCUT2D eigenvalue weighted by Crippen LogP contribution is -2.47. The van der Waals surface area contributed by atoms with Gasteiger partial charge in [0, 0.05) is 6.04 Å². The van der Waals surface area contributed by atoms with Gasteiger partial charge in [0.1, 0.15) is 0 Å². The van der Waals surface area contributed by atoms with Gasteiger partial charge >= 0.3 is 0 Å². The molecule has 2 heteroatoms. The number of hydrogen-bond acceptors (Lipinski definition) is 2. The van der Waals surface area contributed by atoms with Crippen LogP contribution in [0.4, 0.5) is 0 Å². The molecule has 1 aliphatic carbocycles. The topological polar surface area (TPSA) is 32.3 Å². The SMILES string of the molecule is CC[C@H]1CC[C@H]([C@@H](C)[C@@H]2CCCC[C@H]2O)NC1. The summed E-state index contributed by atoms with van der Waals surface area (Å²) in [5.41, 5.74) is 0. The second kappa shape index (κ2) is 6.19. The molecule has 0 spiro atoms. The molecule has 100 valence electrons. The molecular weight excluding hydrogens is 210 g/mol. The molecule has 2 fully saturated rings. The van der Waals surface area contributed by atoms with E-state index < -0.39 is 0 Å². The van der Waals surface area contributed by atoms with Crippen LogP contribution in [0.1, 0.15) is 58.8 Å². The van der Waals surface area contributed by atoms with Crippen LogP contribution in [0, 0.1) is 17.8 Å². The van der Waals surface area contributed by atoms with Crippen molar-refractivity contribution in [3.05, 3.63) is 0 Å². The minimum absolute atomic E-state index is 0.0375. The Hall–Kier alpha value is -0.0800. The first-order chi connectivity index (χ1) is 8.22. The predicted octanol–water partition coefficient (Wildman–Crippen LogP) is 2.95. The Balaban J connectivity index is 1.85. The minimum Gasteiger partial charge on any atom is -0.393 e. The van der Waals surface area contributed by atoms with Gasteiger partial charge in [-0.25, -0.2) is 0 Å². The van der Waals surface area contributed by atoms with Gasteiger partial charge in [0.2, 0.25) is 0 Å². The van der Waals surface area contributed by atoms with E-state index in [2.05, 4.69) is 19.2 Å². The Kier molecular flexibility index (Phi) is 4.87. The van der Waals surface area contributed by atoms with Gasteiger partial charge in [0.15, 0.2) is 0 Å². The van der Waals surface area contributed by atoms with Crippen LogP contribution in [0.3, 0.4) is 0 Å². The smallest absolute Gasteiger partial charge is 0.0571 e. The highest BCUT2D eigenvalue weighted by atomic mass is 16.3. The maximum absolute atomic E-state index is 10.1. The number of aliphatic hydroxyl groups is 1. The van der Waals surface area contributed by atoms with Gasteiger partial charge in [-0.1, -0.05) is 33.1 Å². The normalized spacial score (nSPS) is 41.1. The van der Waals surface area contributed by atoms with E-state index in [1.807, 2.05) is 0 Å². The molecule has 2 N–H and O–H groups in total. The highest BCUT2D eigenvalue weighted by Gasteiger charge is 2.34. The van der Waals surface area contributed by atoms with Gasteiger partial charge in [0.25, 0.3) is 0 Å². The Morgan fingerprint density at radius 1 is 1.18 bits per heavy atom. The zero-order chi connectivity index (χ0) is 12.3. The summed E-state index contributed by atoms with van der Waals surface area (Å²) in [6.07, 6.45) is 8.75. The second-order valence-corrected chi connectivity index (χ2v) is 6.24. The van der Waals surface area contributed by atoms with Gasteiger partial charge in [-0.05, 0) is 50.0 Å². The number of piperidine rings is 1. The van der Waals surface area contributed by atoms with Crippen molar-refractivity contribution >= 4 is 0 Å². The van der Waals surface area contributed by atoms with Gasteiger partial charge < -0.3 is 10.4 Å². The van der Waals surface area contributed by atoms with Gasteiger partial charge in [-0.15, -0.1) is 0 Å². The van der Waals surface area contributed by atoms with E-state index in [1.165, 1.54) is 45.1 Å². The first-order valence-corrected chi connectivity index (χ1v) is 7.63. The van der Waals surface area contributed by atoms with Crippen molar-refractivity contribution in [2.75, 3.05) is 6.54 Å². The summed E-state index contributed by atoms with van der Waals surface area (Å²) in [5, 5.41) is 13.9. The summed E-state index contributed by atoms with van der Waals surface area (Å²) in [5.74, 6) is 2.07. The number of rotatable bonds is 3. The molecule has 1 saturated heterocycles. The molecule has 1 heterocycles. The van der Waals surface area contributed by atoms with Gasteiger partial charge in [-0.3, -0.25) is 0 Å². The van der Waals surface area contributed by atoms with Crippen LogP contribution in [0.5, 0.6) is 0 Å². The third-order valence-corrected chi connectivity index (χ3v) is 5.22. The number of aliphatic hydroxyl groups excluding tert-OH is 1. The third kappa shape index (κ3) is 3.23. The summed E-state index contributed by atoms with van der Waals surface area (Å²) in [6, 6.07) is 0.649. The fraction of sp³-hybridized carbons (Fsp3) is 1.00. The molecule has 0 aromatic heterocycles. The molecule has 1 aliphatic heterocycles. The summed E-state index contributed by atoms with van der Waals surface area (Å²) in [4.78, 5) is 0. The molecule has 5 atom stereocenters. The van der Waals surface area contributed by atoms with E-state index in [4.69, 9.17) is 0 Å². The van der Waals surface area contributed by atoms with Crippen molar-refractivity contribution in [1.29, 1.82) is 0 Å². The molecule has 17 heavy (non-hydrogen) atoms. The van der Waals surface area contributed by atoms with E-state index in [9.17, 15) is 5.11 Å². The van der Waals surface area contributed by atoms with Gasteiger partial charge in [-0.2, -0.15) is 0 Å². The van der Waals surface area contributed by atoms with Crippen molar-refractivity contribution in [1.82, 2.24) is 5.32 Å². The molecule has 2 aliphatic rings. The fourth-order valence-corrected chi connectivity index (χ4v) is 3.79. The van der Waals surface area contributed by atoms with E-state index in [1.54, 1.807) is 0 Å². The molecule has 0 radical (unpaired) electrons. The maximum Gasteiger partial charge on any atom is 0.0571 e. The Morgan fingerprint density at radius 2 is 1.94 bits per heavy atom. The lowest BCUT2D eigenvalue weighted by Gasteiger charge is -2.40. The Labute approximate surface area is 106 Å². The zero-order valence-electron chi connectivity index (χ0n) is 11.5. The summed E-state index contributed by atoms with van der Waals surface area (Å²) in [6.45, 7) is 5.83. The van der Waals surface area contributed by atoms with Crippen LogP contribution >= 0.6 is 0 Å². The molecule has 0 aromatic rings. The van der Waals surface area contributed by atoms with Crippen LogP contribution < -0.4 is 5.32 Å². The van der Waals surface area contributed by atoms with Crippen LogP contribution in [0.2, 0.25) is 0 Å². The minimum atomic E-state index is -0.0375. The first kappa shape index (κ1) is 13.4. The van der Waals surface area contributed by atoms with Crippen molar-refractivity contribution in [2.45, 2.75) is 70.9 Å². The molecule has 0 bridgehead atoms. The highest BCUT2D eigenvalue weighted by Crippen LogP contribution is 2.34. The molecule has 0 aromatic carbocycles. The molecule has 0 unspecified atom stereocenters. The van der Waals surface area contributed by atoms with Crippen molar-refractivity contribution < 1.29 is 5.11 Å². The van der Waals surface area contributed by atoms with Crippen LogP contribution in [-0.4, -0.2) is 23.8 Å². The Bertz CT molecular complexity index is 223. The van der Waals surface area contributed by atoms with Crippen molar-refractivity contribution in [2.24, 2.45) is 17.8 Å².